The molecule has 1 aliphatic heterocycles. The minimum atomic E-state index is -0.267. The van der Waals surface area contributed by atoms with Crippen LogP contribution in [0.3, 0.4) is 0 Å². The van der Waals surface area contributed by atoms with Crippen LogP contribution in [-0.4, -0.2) is 30.2 Å². The molecule has 2 aromatic carbocycles. The maximum Gasteiger partial charge on any atom is 0.198 e. The number of allylic oxidation sites excluding steroid dienone is 2. The summed E-state index contributed by atoms with van der Waals surface area (Å²) in [7, 11) is 1.60. The van der Waals surface area contributed by atoms with Crippen molar-refractivity contribution in [3.05, 3.63) is 81.6 Å². The highest BCUT2D eigenvalue weighted by molar-refractivity contribution is 8.22. The number of para-hydroxylation sites is 1. The third-order valence-electron chi connectivity index (χ3n) is 4.27. The Labute approximate surface area is 174 Å². The molecule has 1 aliphatic rings. The van der Waals surface area contributed by atoms with E-state index in [4.69, 9.17) is 4.74 Å². The van der Waals surface area contributed by atoms with Crippen molar-refractivity contribution in [1.29, 1.82) is 0 Å². The predicted molar refractivity (Wildman–Crippen MR) is 119 cm³/mol. The van der Waals surface area contributed by atoms with Crippen molar-refractivity contribution in [2.45, 2.75) is 12.8 Å². The Morgan fingerprint density at radius 2 is 1.57 bits per heavy atom. The maximum absolute atomic E-state index is 13.2. The average Bonchev–Trinajstić information content (AvgIpc) is 3.02. The number of carbonyl (C=O) groups excluding carboxylic acids is 2. The molecule has 0 spiro atoms. The monoisotopic (exact) mass is 410 g/mol. The predicted octanol–water partition coefficient (Wildman–Crippen LogP) is 5.63. The second kappa shape index (κ2) is 10.3. The lowest BCUT2D eigenvalue weighted by molar-refractivity contribution is -0.111. The van der Waals surface area contributed by atoms with Gasteiger partial charge in [0.15, 0.2) is 11.6 Å². The quantitative estimate of drug-likeness (QED) is 0.267. The topological polar surface area (TPSA) is 43.4 Å². The smallest absolute Gasteiger partial charge is 0.198 e. The SMILES string of the molecule is COc1ccccc1/C=C/C(=O)C(C(=O)c1ccccc1)=C1SCCCCS1. The highest BCUT2D eigenvalue weighted by atomic mass is 32.2. The molecule has 0 atom stereocenters. The van der Waals surface area contributed by atoms with E-state index in [-0.39, 0.29) is 17.1 Å². The van der Waals surface area contributed by atoms with Gasteiger partial charge >= 0.3 is 0 Å². The zero-order valence-corrected chi connectivity index (χ0v) is 17.4. The van der Waals surface area contributed by atoms with E-state index in [9.17, 15) is 9.59 Å². The summed E-state index contributed by atoms with van der Waals surface area (Å²) in [6.45, 7) is 0. The van der Waals surface area contributed by atoms with Gasteiger partial charge in [0.2, 0.25) is 0 Å². The first kappa shape index (κ1) is 20.5. The maximum atomic E-state index is 13.2. The largest absolute Gasteiger partial charge is 0.496 e. The molecule has 3 nitrogen and oxygen atoms in total. The number of rotatable bonds is 6. The van der Waals surface area contributed by atoms with Crippen LogP contribution in [0.2, 0.25) is 0 Å². The molecule has 0 aliphatic carbocycles. The number of methoxy groups -OCH3 is 1. The van der Waals surface area contributed by atoms with Crippen LogP contribution in [0.25, 0.3) is 6.08 Å². The molecular weight excluding hydrogens is 388 g/mol. The van der Waals surface area contributed by atoms with Crippen LogP contribution in [-0.2, 0) is 4.79 Å². The van der Waals surface area contributed by atoms with E-state index in [1.54, 1.807) is 48.8 Å². The standard InChI is InChI=1S/C23H22O3S2/c1-26-20-12-6-5-9-17(20)13-14-19(24)21(23-27-15-7-8-16-28-23)22(25)18-10-3-2-4-11-18/h2-6,9-14H,7-8,15-16H2,1H3/b14-13+. The summed E-state index contributed by atoms with van der Waals surface area (Å²) in [5.74, 6) is 2.06. The summed E-state index contributed by atoms with van der Waals surface area (Å²) in [6, 6.07) is 16.5. The second-order valence-corrected chi connectivity index (χ2v) is 8.67. The zero-order valence-electron chi connectivity index (χ0n) is 15.7. The summed E-state index contributed by atoms with van der Waals surface area (Å²) in [5.41, 5.74) is 1.61. The van der Waals surface area contributed by atoms with Gasteiger partial charge in [-0.2, -0.15) is 0 Å². The van der Waals surface area contributed by atoms with Crippen LogP contribution in [0, 0.1) is 0 Å². The minimum Gasteiger partial charge on any atom is -0.496 e. The Balaban J connectivity index is 1.96. The summed E-state index contributed by atoms with van der Waals surface area (Å²) in [6.07, 6.45) is 5.39. The van der Waals surface area contributed by atoms with Crippen LogP contribution in [0.4, 0.5) is 0 Å². The molecule has 144 valence electrons. The highest BCUT2D eigenvalue weighted by Crippen LogP contribution is 2.37. The Bertz CT molecular complexity index is 891. The molecule has 0 bridgehead atoms. The van der Waals surface area contributed by atoms with E-state index in [0.29, 0.717) is 11.3 Å². The van der Waals surface area contributed by atoms with Gasteiger partial charge < -0.3 is 4.74 Å². The number of benzene rings is 2. The van der Waals surface area contributed by atoms with Crippen molar-refractivity contribution < 1.29 is 14.3 Å². The molecule has 3 rings (SSSR count). The second-order valence-electron chi connectivity index (χ2n) is 6.20. The van der Waals surface area contributed by atoms with E-state index in [2.05, 4.69) is 0 Å². The first-order valence-corrected chi connectivity index (χ1v) is 11.1. The van der Waals surface area contributed by atoms with Gasteiger partial charge in [-0.15, -0.1) is 23.5 Å². The number of ketones is 2. The Morgan fingerprint density at radius 3 is 2.25 bits per heavy atom. The number of ether oxygens (including phenoxy) is 1. The molecule has 1 saturated heterocycles. The van der Waals surface area contributed by atoms with Crippen molar-refractivity contribution in [3.63, 3.8) is 0 Å². The molecule has 2 aromatic rings. The van der Waals surface area contributed by atoms with Crippen LogP contribution in [0.1, 0.15) is 28.8 Å². The summed E-state index contributed by atoms with van der Waals surface area (Å²) in [5, 5.41) is 0. The fourth-order valence-corrected chi connectivity index (χ4v) is 5.39. The van der Waals surface area contributed by atoms with E-state index in [0.717, 1.165) is 34.1 Å². The van der Waals surface area contributed by atoms with Gasteiger partial charge in [0.25, 0.3) is 0 Å². The summed E-state index contributed by atoms with van der Waals surface area (Å²) < 4.78 is 6.17. The molecule has 0 saturated carbocycles. The molecule has 1 fully saturated rings. The third-order valence-corrected chi connectivity index (χ3v) is 6.90. The Hall–Kier alpha value is -2.24. The van der Waals surface area contributed by atoms with Crippen LogP contribution in [0.5, 0.6) is 5.75 Å². The lowest BCUT2D eigenvalue weighted by Crippen LogP contribution is -2.13. The normalized spacial score (nSPS) is 14.5. The first-order valence-electron chi connectivity index (χ1n) is 9.15. The van der Waals surface area contributed by atoms with Crippen LogP contribution < -0.4 is 4.74 Å². The number of thioether (sulfide) groups is 2. The Kier molecular flexibility index (Phi) is 7.57. The lowest BCUT2D eigenvalue weighted by atomic mass is 10.0. The minimum absolute atomic E-state index is 0.216. The van der Waals surface area contributed by atoms with Crippen molar-refractivity contribution in [1.82, 2.24) is 0 Å². The van der Waals surface area contributed by atoms with Crippen LogP contribution >= 0.6 is 23.5 Å². The van der Waals surface area contributed by atoms with Crippen molar-refractivity contribution in [2.75, 3.05) is 18.6 Å². The van der Waals surface area contributed by atoms with E-state index in [1.807, 2.05) is 42.5 Å². The molecule has 1 heterocycles. The van der Waals surface area contributed by atoms with E-state index in [1.165, 1.54) is 6.08 Å². The van der Waals surface area contributed by atoms with Gasteiger partial charge in [-0.1, -0.05) is 48.5 Å². The molecular formula is C23H22O3S2. The molecule has 0 aromatic heterocycles. The third kappa shape index (κ3) is 5.18. The van der Waals surface area contributed by atoms with Gasteiger partial charge in [0.05, 0.1) is 16.9 Å². The molecule has 0 unspecified atom stereocenters. The summed E-state index contributed by atoms with van der Waals surface area (Å²) >= 11 is 3.23. The van der Waals surface area contributed by atoms with Crippen LogP contribution in [0.15, 0.2) is 70.5 Å². The molecule has 0 radical (unpaired) electrons. The first-order chi connectivity index (χ1) is 13.7. The fourth-order valence-electron chi connectivity index (χ4n) is 2.81. The zero-order chi connectivity index (χ0) is 19.8. The summed E-state index contributed by atoms with van der Waals surface area (Å²) in [4.78, 5) is 26.3. The van der Waals surface area contributed by atoms with Gasteiger partial charge in [0, 0.05) is 11.1 Å². The van der Waals surface area contributed by atoms with Gasteiger partial charge in [-0.05, 0) is 42.6 Å². The molecule has 0 N–H and O–H groups in total. The molecule has 0 amide bonds. The fraction of sp³-hybridized carbons (Fsp3) is 0.217. The highest BCUT2D eigenvalue weighted by Gasteiger charge is 2.24. The Morgan fingerprint density at radius 1 is 0.929 bits per heavy atom. The van der Waals surface area contributed by atoms with Crippen molar-refractivity contribution >= 4 is 41.2 Å². The van der Waals surface area contributed by atoms with Gasteiger partial charge in [-0.25, -0.2) is 0 Å². The van der Waals surface area contributed by atoms with Gasteiger partial charge in [-0.3, -0.25) is 9.59 Å². The van der Waals surface area contributed by atoms with E-state index >= 15 is 0 Å². The molecule has 28 heavy (non-hydrogen) atoms. The lowest BCUT2D eigenvalue weighted by Gasteiger charge is -2.10. The number of carbonyl (C=O) groups is 2. The average molecular weight is 411 g/mol. The number of hydrogen-bond donors (Lipinski definition) is 0. The van der Waals surface area contributed by atoms with Crippen molar-refractivity contribution in [2.24, 2.45) is 0 Å². The number of Topliss-reactive ketones (excluding diaryl/α,β-unsaturated/α-hetero) is 1. The van der Waals surface area contributed by atoms with Gasteiger partial charge in [0.1, 0.15) is 5.75 Å². The molecule has 5 heteroatoms. The number of hydrogen-bond acceptors (Lipinski definition) is 5. The van der Waals surface area contributed by atoms with E-state index < -0.39 is 0 Å². The van der Waals surface area contributed by atoms with Crippen molar-refractivity contribution in [3.8, 4) is 5.75 Å².